The van der Waals surface area contributed by atoms with E-state index in [2.05, 4.69) is 33.7 Å². The summed E-state index contributed by atoms with van der Waals surface area (Å²) in [6, 6.07) is 12.7. The fraction of sp³-hybridized carbons (Fsp3) is 0.238. The summed E-state index contributed by atoms with van der Waals surface area (Å²) in [5.41, 5.74) is 10.2. The first-order valence-electron chi connectivity index (χ1n) is 7.96. The number of azide groups is 1. The molecule has 0 amide bonds. The molecule has 0 aliphatic heterocycles. The van der Waals surface area contributed by atoms with Crippen molar-refractivity contribution in [2.24, 2.45) is 5.11 Å². The van der Waals surface area contributed by atoms with Crippen molar-refractivity contribution in [2.75, 3.05) is 7.11 Å². The van der Waals surface area contributed by atoms with Gasteiger partial charge in [0, 0.05) is 16.0 Å². The van der Waals surface area contributed by atoms with E-state index in [1.54, 1.807) is 25.3 Å². The molecule has 0 fully saturated rings. The molecule has 0 saturated carbocycles. The van der Waals surface area contributed by atoms with Crippen LogP contribution in [0.3, 0.4) is 0 Å². The maximum Gasteiger partial charge on any atom is 0.130 e. The topological polar surface area (TPSA) is 67.2 Å². The van der Waals surface area contributed by atoms with Gasteiger partial charge in [-0.25, -0.2) is 0 Å². The molecular weight excluding hydrogens is 326 g/mol. The van der Waals surface area contributed by atoms with Crippen molar-refractivity contribution in [3.63, 3.8) is 0 Å². The average molecular weight is 345 g/mol. The summed E-state index contributed by atoms with van der Waals surface area (Å²) in [5.74, 6) is 12.7. The summed E-state index contributed by atoms with van der Waals surface area (Å²) in [7, 11) is 1.62. The lowest BCUT2D eigenvalue weighted by Gasteiger charge is -2.22. The van der Waals surface area contributed by atoms with Crippen LogP contribution >= 0.6 is 0 Å². The predicted octanol–water partition coefficient (Wildman–Crippen LogP) is 5.22. The van der Waals surface area contributed by atoms with Gasteiger partial charge < -0.3 is 9.47 Å². The molecule has 26 heavy (non-hydrogen) atoms. The summed E-state index contributed by atoms with van der Waals surface area (Å²) in [6.45, 7) is 5.77. The van der Waals surface area contributed by atoms with E-state index in [1.807, 2.05) is 45.0 Å². The largest absolute Gasteiger partial charge is 0.497 e. The Balaban J connectivity index is 2.30. The minimum absolute atomic E-state index is 0.365. The molecule has 0 bridgehead atoms. The van der Waals surface area contributed by atoms with Gasteiger partial charge >= 0.3 is 0 Å². The Morgan fingerprint density at radius 1 is 1.00 bits per heavy atom. The second-order valence-electron chi connectivity index (χ2n) is 6.28. The van der Waals surface area contributed by atoms with Crippen molar-refractivity contribution in [1.82, 2.24) is 0 Å². The molecule has 0 unspecified atom stereocenters. The van der Waals surface area contributed by atoms with E-state index in [1.165, 1.54) is 0 Å². The van der Waals surface area contributed by atoms with Gasteiger partial charge in [0.2, 0.25) is 0 Å². The van der Waals surface area contributed by atoms with Gasteiger partial charge in [-0.3, -0.25) is 0 Å². The lowest BCUT2D eigenvalue weighted by Crippen LogP contribution is -2.23. The molecule has 0 spiro atoms. The third-order valence-corrected chi connectivity index (χ3v) is 3.12. The molecule has 0 N–H and O–H groups in total. The predicted molar refractivity (Wildman–Crippen MR) is 102 cm³/mol. The van der Waals surface area contributed by atoms with Crippen LogP contribution in [0.4, 0.5) is 5.69 Å². The first kappa shape index (κ1) is 18.8. The number of ether oxygens (including phenoxy) is 2. The van der Waals surface area contributed by atoms with Crippen LogP contribution in [-0.4, -0.2) is 12.7 Å². The van der Waals surface area contributed by atoms with Gasteiger partial charge in [0.15, 0.2) is 0 Å². The van der Waals surface area contributed by atoms with Gasteiger partial charge in [-0.1, -0.05) is 23.0 Å². The molecule has 0 aromatic heterocycles. The number of rotatable bonds is 3. The molecule has 5 nitrogen and oxygen atoms in total. The zero-order valence-electron chi connectivity index (χ0n) is 15.2. The van der Waals surface area contributed by atoms with Gasteiger partial charge in [-0.15, -0.1) is 0 Å². The van der Waals surface area contributed by atoms with Gasteiger partial charge in [-0.05, 0) is 74.5 Å². The lowest BCUT2D eigenvalue weighted by molar-refractivity contribution is 0.131. The van der Waals surface area contributed by atoms with E-state index in [-0.39, 0.29) is 0 Å². The normalized spacial score (nSPS) is 9.69. The Hall–Kier alpha value is -3.53. The number of methoxy groups -OCH3 is 1. The smallest absolute Gasteiger partial charge is 0.130 e. The third kappa shape index (κ3) is 5.53. The molecule has 0 aliphatic carbocycles. The molecule has 0 radical (unpaired) electrons. The number of hydrogen-bond donors (Lipinski definition) is 0. The summed E-state index contributed by atoms with van der Waals surface area (Å²) >= 11 is 0. The molecule has 0 aliphatic rings. The fourth-order valence-electron chi connectivity index (χ4n) is 2.06. The number of hydrogen-bond acceptors (Lipinski definition) is 3. The standard InChI is InChI=1S/C21H19N3O2/c1-21(2,3)26-19-11-7-10-17(20(19)23-24-22)9-6-5-8-16-12-14-18(25-4)15-13-16/h7,10-15H,1-4H3. The minimum Gasteiger partial charge on any atom is -0.497 e. The van der Waals surface area contributed by atoms with E-state index >= 15 is 0 Å². The van der Waals surface area contributed by atoms with Crippen LogP contribution in [-0.2, 0) is 0 Å². The lowest BCUT2D eigenvalue weighted by atomic mass is 10.1. The Bertz CT molecular complexity index is 943. The van der Waals surface area contributed by atoms with E-state index in [0.29, 0.717) is 17.0 Å². The summed E-state index contributed by atoms with van der Waals surface area (Å²) in [4.78, 5) is 2.88. The maximum atomic E-state index is 8.85. The highest BCUT2D eigenvalue weighted by Gasteiger charge is 2.15. The second kappa shape index (κ2) is 8.53. The Morgan fingerprint density at radius 2 is 1.69 bits per heavy atom. The zero-order valence-corrected chi connectivity index (χ0v) is 15.2. The van der Waals surface area contributed by atoms with Crippen molar-refractivity contribution in [3.05, 3.63) is 64.0 Å². The van der Waals surface area contributed by atoms with Crippen LogP contribution in [0.15, 0.2) is 47.6 Å². The van der Waals surface area contributed by atoms with Crippen LogP contribution < -0.4 is 9.47 Å². The number of benzene rings is 2. The van der Waals surface area contributed by atoms with Gasteiger partial charge in [0.1, 0.15) is 17.1 Å². The highest BCUT2D eigenvalue weighted by Crippen LogP contribution is 2.33. The zero-order chi connectivity index (χ0) is 19.0. The monoisotopic (exact) mass is 345 g/mol. The quantitative estimate of drug-likeness (QED) is 0.331. The van der Waals surface area contributed by atoms with Gasteiger partial charge in [0.05, 0.1) is 12.8 Å². The van der Waals surface area contributed by atoms with Crippen LogP contribution in [0.2, 0.25) is 0 Å². The third-order valence-electron chi connectivity index (χ3n) is 3.12. The Labute approximate surface area is 153 Å². The Morgan fingerprint density at radius 3 is 2.31 bits per heavy atom. The van der Waals surface area contributed by atoms with Crippen LogP contribution in [0.5, 0.6) is 11.5 Å². The van der Waals surface area contributed by atoms with Crippen LogP contribution in [0, 0.1) is 23.7 Å². The first-order chi connectivity index (χ1) is 12.4. The molecular formula is C21H19N3O2. The Kier molecular flexibility index (Phi) is 6.17. The maximum absolute atomic E-state index is 8.85. The van der Waals surface area contributed by atoms with Crippen molar-refractivity contribution in [3.8, 4) is 35.2 Å². The highest BCUT2D eigenvalue weighted by atomic mass is 16.5. The average Bonchev–Trinajstić information content (AvgIpc) is 2.60. The van der Waals surface area contributed by atoms with E-state index < -0.39 is 5.60 Å². The summed E-state index contributed by atoms with van der Waals surface area (Å²) in [5, 5.41) is 3.74. The number of nitrogens with zero attached hydrogens (tertiary/aromatic N) is 3. The molecule has 0 atom stereocenters. The van der Waals surface area contributed by atoms with Crippen molar-refractivity contribution in [2.45, 2.75) is 26.4 Å². The van der Waals surface area contributed by atoms with Crippen LogP contribution in [0.25, 0.3) is 10.4 Å². The highest BCUT2D eigenvalue weighted by molar-refractivity contribution is 5.64. The summed E-state index contributed by atoms with van der Waals surface area (Å²) < 4.78 is 10.9. The first-order valence-corrected chi connectivity index (χ1v) is 7.96. The SMILES string of the molecule is COc1ccc(C#CC#Cc2cccc(OC(C)(C)C)c2N=[N+]=[N-])cc1. The molecule has 0 heterocycles. The van der Waals surface area contributed by atoms with Crippen molar-refractivity contribution >= 4 is 5.69 Å². The van der Waals surface area contributed by atoms with Crippen molar-refractivity contribution in [1.29, 1.82) is 0 Å². The van der Waals surface area contributed by atoms with Crippen LogP contribution in [0.1, 0.15) is 31.9 Å². The van der Waals surface area contributed by atoms with Gasteiger partial charge in [-0.2, -0.15) is 0 Å². The molecule has 5 heteroatoms. The molecule has 130 valence electrons. The minimum atomic E-state index is -0.417. The molecule has 2 rings (SSSR count). The van der Waals surface area contributed by atoms with E-state index in [4.69, 9.17) is 15.0 Å². The summed E-state index contributed by atoms with van der Waals surface area (Å²) in [6.07, 6.45) is 0. The molecule has 2 aromatic carbocycles. The molecule has 0 saturated heterocycles. The second-order valence-corrected chi connectivity index (χ2v) is 6.28. The van der Waals surface area contributed by atoms with Gasteiger partial charge in [0.25, 0.3) is 0 Å². The van der Waals surface area contributed by atoms with E-state index in [0.717, 1.165) is 11.3 Å². The van der Waals surface area contributed by atoms with E-state index in [9.17, 15) is 0 Å². The fourth-order valence-corrected chi connectivity index (χ4v) is 2.06. The van der Waals surface area contributed by atoms with Crippen molar-refractivity contribution < 1.29 is 9.47 Å². The molecule has 2 aromatic rings.